The Morgan fingerprint density at radius 3 is 2.95 bits per heavy atom. The Hall–Kier alpha value is -1.66. The van der Waals surface area contributed by atoms with E-state index >= 15 is 0 Å². The standard InChI is InChI=1S/C16H19BrN4O/c1-10-11(17)5-4-6-13(10)21(3)16(22)15-19-12-9-18-8-7-14(12)20(15)2/h4-6,18H,7-9H2,1-3H3. The molecule has 1 N–H and O–H groups in total. The van der Waals surface area contributed by atoms with Crippen LogP contribution in [-0.4, -0.2) is 29.1 Å². The summed E-state index contributed by atoms with van der Waals surface area (Å²) in [5.41, 5.74) is 4.07. The topological polar surface area (TPSA) is 50.2 Å². The van der Waals surface area contributed by atoms with Crippen LogP contribution in [0.1, 0.15) is 27.6 Å². The van der Waals surface area contributed by atoms with Crippen molar-refractivity contribution in [2.45, 2.75) is 19.9 Å². The first kappa shape index (κ1) is 15.2. The molecule has 0 unspecified atom stereocenters. The molecule has 0 radical (unpaired) electrons. The van der Waals surface area contributed by atoms with Crippen LogP contribution in [0.25, 0.3) is 0 Å². The van der Waals surface area contributed by atoms with Crippen molar-refractivity contribution in [2.75, 3.05) is 18.5 Å². The highest BCUT2D eigenvalue weighted by atomic mass is 79.9. The van der Waals surface area contributed by atoms with Crippen LogP contribution in [0.3, 0.4) is 0 Å². The summed E-state index contributed by atoms with van der Waals surface area (Å²) < 4.78 is 2.93. The van der Waals surface area contributed by atoms with E-state index in [9.17, 15) is 4.79 Å². The van der Waals surface area contributed by atoms with Crippen molar-refractivity contribution in [3.8, 4) is 0 Å². The molecule has 0 bridgehead atoms. The van der Waals surface area contributed by atoms with Gasteiger partial charge in [0, 0.05) is 49.5 Å². The van der Waals surface area contributed by atoms with Gasteiger partial charge in [-0.2, -0.15) is 0 Å². The molecule has 1 aliphatic heterocycles. The summed E-state index contributed by atoms with van der Waals surface area (Å²) >= 11 is 3.51. The maximum Gasteiger partial charge on any atom is 0.294 e. The number of carbonyl (C=O) groups is 1. The molecule has 6 heteroatoms. The Kier molecular flexibility index (Phi) is 4.06. The minimum Gasteiger partial charge on any atom is -0.327 e. The maximum atomic E-state index is 12.9. The number of fused-ring (bicyclic) bond motifs is 1. The van der Waals surface area contributed by atoms with Gasteiger partial charge in [0.2, 0.25) is 0 Å². The van der Waals surface area contributed by atoms with Crippen LogP contribution in [-0.2, 0) is 20.0 Å². The molecule has 22 heavy (non-hydrogen) atoms. The highest BCUT2D eigenvalue weighted by molar-refractivity contribution is 9.10. The molecule has 1 aromatic heterocycles. The number of amides is 1. The summed E-state index contributed by atoms with van der Waals surface area (Å²) in [6, 6.07) is 5.86. The number of carbonyl (C=O) groups excluding carboxylic acids is 1. The molecule has 116 valence electrons. The van der Waals surface area contributed by atoms with E-state index in [0.29, 0.717) is 5.82 Å². The quantitative estimate of drug-likeness (QED) is 0.892. The Labute approximate surface area is 138 Å². The number of rotatable bonds is 2. The molecule has 2 heterocycles. The van der Waals surface area contributed by atoms with Crippen LogP contribution in [0.15, 0.2) is 22.7 Å². The zero-order valence-corrected chi connectivity index (χ0v) is 14.6. The second-order valence-corrected chi connectivity index (χ2v) is 6.42. The first-order valence-corrected chi connectivity index (χ1v) is 8.08. The molecule has 0 spiro atoms. The molecule has 1 amide bonds. The van der Waals surface area contributed by atoms with Crippen LogP contribution >= 0.6 is 15.9 Å². The average molecular weight is 363 g/mol. The summed E-state index contributed by atoms with van der Waals surface area (Å²) in [5.74, 6) is 0.411. The number of imidazole rings is 1. The molecule has 1 aromatic carbocycles. The van der Waals surface area contributed by atoms with Crippen molar-refractivity contribution >= 4 is 27.5 Å². The lowest BCUT2D eigenvalue weighted by Gasteiger charge is -2.20. The van der Waals surface area contributed by atoms with E-state index in [1.807, 2.05) is 36.7 Å². The lowest BCUT2D eigenvalue weighted by molar-refractivity contribution is 0.0979. The van der Waals surface area contributed by atoms with E-state index in [1.165, 1.54) is 0 Å². The Bertz CT molecular complexity index is 738. The van der Waals surface area contributed by atoms with Gasteiger partial charge in [0.05, 0.1) is 5.69 Å². The summed E-state index contributed by atoms with van der Waals surface area (Å²) in [6.07, 6.45) is 0.908. The fraction of sp³-hybridized carbons (Fsp3) is 0.375. The number of aromatic nitrogens is 2. The Balaban J connectivity index is 1.97. The predicted octanol–water partition coefficient (Wildman–Crippen LogP) is 2.41. The van der Waals surface area contributed by atoms with Crippen LogP contribution in [0.2, 0.25) is 0 Å². The molecule has 3 rings (SSSR count). The summed E-state index contributed by atoms with van der Waals surface area (Å²) in [7, 11) is 3.72. The van der Waals surface area contributed by atoms with Gasteiger partial charge in [0.1, 0.15) is 0 Å². The Morgan fingerprint density at radius 1 is 1.45 bits per heavy atom. The van der Waals surface area contributed by atoms with Crippen LogP contribution in [0.5, 0.6) is 0 Å². The largest absolute Gasteiger partial charge is 0.327 e. The van der Waals surface area contributed by atoms with Crippen molar-refractivity contribution < 1.29 is 4.79 Å². The fourth-order valence-electron chi connectivity index (χ4n) is 2.87. The first-order valence-electron chi connectivity index (χ1n) is 7.29. The third-order valence-corrected chi connectivity index (χ3v) is 5.08. The van der Waals surface area contributed by atoms with Crippen molar-refractivity contribution in [1.29, 1.82) is 0 Å². The van der Waals surface area contributed by atoms with Gasteiger partial charge in [-0.3, -0.25) is 4.79 Å². The summed E-state index contributed by atoms with van der Waals surface area (Å²) in [6.45, 7) is 3.66. The van der Waals surface area contributed by atoms with Gasteiger partial charge < -0.3 is 14.8 Å². The normalized spacial score (nSPS) is 13.8. The average Bonchev–Trinajstić information content (AvgIpc) is 2.86. The second kappa shape index (κ2) is 5.85. The molecule has 0 aliphatic carbocycles. The number of benzene rings is 1. The molecule has 0 saturated heterocycles. The highest BCUT2D eigenvalue weighted by Crippen LogP contribution is 2.27. The lowest BCUT2D eigenvalue weighted by atomic mass is 10.2. The number of halogens is 1. The summed E-state index contributed by atoms with van der Waals surface area (Å²) in [5, 5.41) is 3.29. The number of nitrogens with zero attached hydrogens (tertiary/aromatic N) is 3. The smallest absolute Gasteiger partial charge is 0.294 e. The molecule has 1 aliphatic rings. The van der Waals surface area contributed by atoms with Crippen molar-refractivity contribution in [3.05, 3.63) is 45.4 Å². The number of nitrogens with one attached hydrogen (secondary N) is 1. The van der Waals surface area contributed by atoms with Gasteiger partial charge in [0.15, 0.2) is 5.82 Å². The van der Waals surface area contributed by atoms with E-state index in [1.54, 1.807) is 11.9 Å². The van der Waals surface area contributed by atoms with Gasteiger partial charge in [-0.05, 0) is 24.6 Å². The zero-order valence-electron chi connectivity index (χ0n) is 13.0. The SMILES string of the molecule is Cc1c(Br)cccc1N(C)C(=O)c1nc2c(n1C)CCNC2. The molecular weight excluding hydrogens is 344 g/mol. The molecular formula is C16H19BrN4O. The molecule has 0 saturated carbocycles. The van der Waals surface area contributed by atoms with Crippen LogP contribution < -0.4 is 10.2 Å². The maximum absolute atomic E-state index is 12.9. The van der Waals surface area contributed by atoms with Gasteiger partial charge in [-0.25, -0.2) is 4.98 Å². The van der Waals surface area contributed by atoms with Crippen molar-refractivity contribution in [2.24, 2.45) is 7.05 Å². The number of hydrogen-bond donors (Lipinski definition) is 1. The number of hydrogen-bond acceptors (Lipinski definition) is 3. The van der Waals surface area contributed by atoms with Gasteiger partial charge in [-0.15, -0.1) is 0 Å². The van der Waals surface area contributed by atoms with Gasteiger partial charge in [-0.1, -0.05) is 22.0 Å². The van der Waals surface area contributed by atoms with Crippen LogP contribution in [0, 0.1) is 6.92 Å². The second-order valence-electron chi connectivity index (χ2n) is 5.56. The first-order chi connectivity index (χ1) is 10.5. The van der Waals surface area contributed by atoms with Crippen molar-refractivity contribution in [1.82, 2.24) is 14.9 Å². The lowest BCUT2D eigenvalue weighted by Crippen LogP contribution is -2.29. The van der Waals surface area contributed by atoms with E-state index in [2.05, 4.69) is 26.2 Å². The monoisotopic (exact) mass is 362 g/mol. The molecule has 0 atom stereocenters. The van der Waals surface area contributed by atoms with Gasteiger partial charge in [0.25, 0.3) is 5.91 Å². The van der Waals surface area contributed by atoms with E-state index in [0.717, 1.165) is 46.6 Å². The molecule has 2 aromatic rings. The minimum atomic E-state index is -0.0851. The third kappa shape index (κ3) is 2.46. The van der Waals surface area contributed by atoms with E-state index in [4.69, 9.17) is 0 Å². The van der Waals surface area contributed by atoms with E-state index in [-0.39, 0.29) is 5.91 Å². The molecule has 0 fully saturated rings. The van der Waals surface area contributed by atoms with Crippen LogP contribution in [0.4, 0.5) is 5.69 Å². The molecule has 5 nitrogen and oxygen atoms in total. The minimum absolute atomic E-state index is 0.0851. The predicted molar refractivity (Wildman–Crippen MR) is 90.2 cm³/mol. The third-order valence-electron chi connectivity index (χ3n) is 4.22. The van der Waals surface area contributed by atoms with Crippen molar-refractivity contribution in [3.63, 3.8) is 0 Å². The zero-order chi connectivity index (χ0) is 15.9. The Morgan fingerprint density at radius 2 is 2.23 bits per heavy atom. The van der Waals surface area contributed by atoms with E-state index < -0.39 is 0 Å². The van der Waals surface area contributed by atoms with Gasteiger partial charge >= 0.3 is 0 Å². The summed E-state index contributed by atoms with van der Waals surface area (Å²) in [4.78, 5) is 19.1. The fourth-order valence-corrected chi connectivity index (χ4v) is 3.22. The highest BCUT2D eigenvalue weighted by Gasteiger charge is 2.25. The number of anilines is 1.